The van der Waals surface area contributed by atoms with Crippen molar-refractivity contribution in [1.82, 2.24) is 19.8 Å². The molecule has 234 valence electrons. The fourth-order valence-corrected chi connectivity index (χ4v) is 6.96. The number of allylic oxidation sites excluding steroid dienone is 1. The second-order valence-electron chi connectivity index (χ2n) is 12.1. The average Bonchev–Trinajstić information content (AvgIpc) is 3.45. The number of alkyl halides is 2. The first-order valence-electron chi connectivity index (χ1n) is 15.6. The molecule has 0 spiro atoms. The number of anilines is 3. The first-order chi connectivity index (χ1) is 21.3. The number of nitrogens with two attached hydrogens (primary N) is 1. The summed E-state index contributed by atoms with van der Waals surface area (Å²) in [6.45, 7) is 7.13. The Hall–Kier alpha value is -3.83. The third kappa shape index (κ3) is 6.21. The number of carbonyl (C=O) groups is 1. The molecule has 2 atom stereocenters. The van der Waals surface area contributed by atoms with Gasteiger partial charge in [-0.2, -0.15) is 4.98 Å². The van der Waals surface area contributed by atoms with Crippen LogP contribution in [0.5, 0.6) is 0 Å². The fraction of sp³-hybridized carbons (Fsp3) is 0.485. The Morgan fingerprint density at radius 3 is 2.66 bits per heavy atom. The Balaban J connectivity index is 1.30. The van der Waals surface area contributed by atoms with Crippen LogP contribution < -0.4 is 20.9 Å². The Morgan fingerprint density at radius 1 is 1.09 bits per heavy atom. The van der Waals surface area contributed by atoms with Gasteiger partial charge in [0.25, 0.3) is 6.43 Å². The van der Waals surface area contributed by atoms with Gasteiger partial charge >= 0.3 is 0 Å². The van der Waals surface area contributed by atoms with E-state index in [1.807, 2.05) is 0 Å². The number of rotatable bonds is 8. The minimum Gasteiger partial charge on any atom is -0.365 e. The van der Waals surface area contributed by atoms with E-state index < -0.39 is 12.3 Å². The van der Waals surface area contributed by atoms with Crippen LogP contribution in [0, 0.1) is 6.92 Å². The number of aromatic nitrogens is 2. The maximum Gasteiger partial charge on any atom is 0.257 e. The van der Waals surface area contributed by atoms with Crippen LogP contribution in [0.3, 0.4) is 0 Å². The van der Waals surface area contributed by atoms with Gasteiger partial charge in [0.05, 0.1) is 18.3 Å². The molecule has 9 nitrogen and oxygen atoms in total. The quantitative estimate of drug-likeness (QED) is 0.375. The first kappa shape index (κ1) is 30.2. The van der Waals surface area contributed by atoms with Gasteiger partial charge in [0, 0.05) is 68.0 Å². The van der Waals surface area contributed by atoms with Crippen molar-refractivity contribution in [2.75, 3.05) is 68.0 Å². The van der Waals surface area contributed by atoms with Gasteiger partial charge in [0.1, 0.15) is 5.82 Å². The molecule has 0 bridgehead atoms. The summed E-state index contributed by atoms with van der Waals surface area (Å²) in [6, 6.07) is 13.0. The van der Waals surface area contributed by atoms with Crippen LogP contribution in [0.15, 0.2) is 48.6 Å². The van der Waals surface area contributed by atoms with Gasteiger partial charge in [0.15, 0.2) is 0 Å². The van der Waals surface area contributed by atoms with E-state index in [0.717, 1.165) is 55.6 Å². The van der Waals surface area contributed by atoms with Crippen molar-refractivity contribution in [2.24, 2.45) is 5.73 Å². The number of likely N-dealkylation sites (tertiary alicyclic amines) is 1. The number of nitrogens with one attached hydrogen (secondary N) is 1. The minimum atomic E-state index is -2.67. The van der Waals surface area contributed by atoms with Crippen molar-refractivity contribution in [3.05, 3.63) is 65.4 Å². The Bertz CT molecular complexity index is 1530. The van der Waals surface area contributed by atoms with E-state index in [4.69, 9.17) is 15.7 Å². The fourth-order valence-electron chi connectivity index (χ4n) is 6.96. The zero-order valence-electron chi connectivity index (χ0n) is 25.6. The molecule has 2 fully saturated rings. The highest BCUT2D eigenvalue weighted by Gasteiger charge is 2.33. The van der Waals surface area contributed by atoms with Crippen molar-refractivity contribution >= 4 is 34.1 Å². The van der Waals surface area contributed by atoms with E-state index in [1.54, 1.807) is 4.90 Å². The molecule has 0 saturated carbocycles. The number of nitrogens with zero attached hydrogens (tertiary/aromatic N) is 6. The number of amides is 1. The Labute approximate surface area is 257 Å². The normalized spacial score (nSPS) is 21.1. The monoisotopic (exact) mass is 604 g/mol. The van der Waals surface area contributed by atoms with Gasteiger partial charge < -0.3 is 30.7 Å². The smallest absolute Gasteiger partial charge is 0.257 e. The number of hydrogen-bond acceptors (Lipinski definition) is 8. The number of halogens is 2. The third-order valence-electron chi connectivity index (χ3n) is 9.36. The lowest BCUT2D eigenvalue weighted by Gasteiger charge is -2.42. The molecule has 0 unspecified atom stereocenters. The summed E-state index contributed by atoms with van der Waals surface area (Å²) in [5, 5.41) is 6.03. The second-order valence-corrected chi connectivity index (χ2v) is 12.1. The molecule has 3 aliphatic heterocycles. The van der Waals surface area contributed by atoms with E-state index in [9.17, 15) is 13.6 Å². The standard InChI is InChI=1S/C33H42F2N8O/c1-22-6-3-7-23-8-4-10-28(31(22)23)41-15-13-26-27(21-41)38-33(37-19-24-9-5-14-40(24)2)39-32(26)42-16-17-43(25(18-36)20-42)30(44)12-11-29(34)35/h3-4,6-8,10-12,24-25,29H,5,9,13-21,36H2,1-2H3,(H,37,38,39)/b12-11+/t24-,25-/m0/s1. The van der Waals surface area contributed by atoms with E-state index in [0.29, 0.717) is 44.2 Å². The lowest BCUT2D eigenvalue weighted by Crippen LogP contribution is -2.58. The molecule has 0 radical (unpaired) electrons. The van der Waals surface area contributed by atoms with Gasteiger partial charge in [0.2, 0.25) is 11.9 Å². The summed E-state index contributed by atoms with van der Waals surface area (Å²) in [4.78, 5) is 31.4. The molecule has 1 amide bonds. The lowest BCUT2D eigenvalue weighted by molar-refractivity contribution is -0.128. The minimum absolute atomic E-state index is 0.228. The molecule has 6 rings (SSSR count). The zero-order chi connectivity index (χ0) is 30.8. The molecule has 3 N–H and O–H groups in total. The van der Waals surface area contributed by atoms with E-state index >= 15 is 0 Å². The van der Waals surface area contributed by atoms with E-state index in [-0.39, 0.29) is 12.6 Å². The largest absolute Gasteiger partial charge is 0.365 e. The summed E-state index contributed by atoms with van der Waals surface area (Å²) >= 11 is 0. The predicted molar refractivity (Wildman–Crippen MR) is 172 cm³/mol. The van der Waals surface area contributed by atoms with Crippen LogP contribution >= 0.6 is 0 Å². The molecule has 2 saturated heterocycles. The molecule has 44 heavy (non-hydrogen) atoms. The topological polar surface area (TPSA) is 93.9 Å². The molecule has 0 aliphatic carbocycles. The maximum absolute atomic E-state index is 12.7. The van der Waals surface area contributed by atoms with E-state index in [2.05, 4.69) is 70.4 Å². The predicted octanol–water partition coefficient (Wildman–Crippen LogP) is 3.80. The Kier molecular flexibility index (Phi) is 8.95. The Morgan fingerprint density at radius 2 is 1.91 bits per heavy atom. The summed E-state index contributed by atoms with van der Waals surface area (Å²) in [5.41, 5.74) is 10.7. The number of hydrogen-bond donors (Lipinski definition) is 2. The van der Waals surface area contributed by atoms with Gasteiger partial charge in [-0.05, 0) is 62.9 Å². The number of aryl methyl sites for hydroxylation is 1. The second kappa shape index (κ2) is 13.0. The summed E-state index contributed by atoms with van der Waals surface area (Å²) in [6.07, 6.45) is 2.03. The highest BCUT2D eigenvalue weighted by Crippen LogP contribution is 2.35. The maximum atomic E-state index is 12.7. The van der Waals surface area contributed by atoms with E-state index in [1.165, 1.54) is 28.4 Å². The highest BCUT2D eigenvalue weighted by atomic mass is 19.3. The van der Waals surface area contributed by atoms with Crippen LogP contribution in [0.1, 0.15) is 29.7 Å². The van der Waals surface area contributed by atoms with Crippen LogP contribution in [-0.4, -0.2) is 97.0 Å². The summed E-state index contributed by atoms with van der Waals surface area (Å²) < 4.78 is 25.4. The molecule has 3 aliphatic rings. The molecular formula is C33H42F2N8O. The summed E-state index contributed by atoms with van der Waals surface area (Å²) in [7, 11) is 2.16. The molecule has 3 aromatic rings. The van der Waals surface area contributed by atoms with Gasteiger partial charge in [-0.3, -0.25) is 4.79 Å². The van der Waals surface area contributed by atoms with Gasteiger partial charge in [-0.15, -0.1) is 0 Å². The number of fused-ring (bicyclic) bond motifs is 2. The molecule has 2 aromatic carbocycles. The van der Waals surface area contributed by atoms with Crippen molar-refractivity contribution in [3.63, 3.8) is 0 Å². The number of likely N-dealkylation sites (N-methyl/N-ethyl adjacent to an activating group) is 1. The molecular weight excluding hydrogens is 562 g/mol. The SMILES string of the molecule is Cc1cccc2cccc(N3CCc4c(nc(NC[C@@H]5CCCN5C)nc4N4CCN(C(=O)/C=C/C(F)F)[C@@H](CN)C4)C3)c12. The molecule has 4 heterocycles. The van der Waals surface area contributed by atoms with Gasteiger partial charge in [-0.1, -0.05) is 30.3 Å². The van der Waals surface area contributed by atoms with Crippen LogP contribution in [0.2, 0.25) is 0 Å². The van der Waals surface area contributed by atoms with Crippen molar-refractivity contribution in [3.8, 4) is 0 Å². The average molecular weight is 605 g/mol. The number of carbonyl (C=O) groups excluding carboxylic acids is 1. The van der Waals surface area contributed by atoms with Crippen LogP contribution in [0.4, 0.5) is 26.2 Å². The van der Waals surface area contributed by atoms with Crippen molar-refractivity contribution in [2.45, 2.75) is 51.2 Å². The number of benzene rings is 2. The van der Waals surface area contributed by atoms with Crippen LogP contribution in [-0.2, 0) is 17.8 Å². The van der Waals surface area contributed by atoms with Crippen molar-refractivity contribution < 1.29 is 13.6 Å². The lowest BCUT2D eigenvalue weighted by atomic mass is 9.99. The highest BCUT2D eigenvalue weighted by molar-refractivity contribution is 5.97. The molecule has 1 aromatic heterocycles. The number of piperazine rings is 1. The third-order valence-corrected chi connectivity index (χ3v) is 9.36. The van der Waals surface area contributed by atoms with Crippen molar-refractivity contribution in [1.29, 1.82) is 0 Å². The zero-order valence-corrected chi connectivity index (χ0v) is 25.6. The first-order valence-corrected chi connectivity index (χ1v) is 15.6. The summed E-state index contributed by atoms with van der Waals surface area (Å²) in [5.74, 6) is 1.05. The van der Waals surface area contributed by atoms with Crippen LogP contribution in [0.25, 0.3) is 10.8 Å². The van der Waals surface area contributed by atoms with Gasteiger partial charge in [-0.25, -0.2) is 13.8 Å². The molecule has 11 heteroatoms.